The van der Waals surface area contributed by atoms with Gasteiger partial charge in [-0.3, -0.25) is 0 Å². The first-order chi connectivity index (χ1) is 5.94. The SMILES string of the molecule is CC(O)C1(O)C(O)C=C(C#N)C1O. The average Bonchev–Trinajstić information content (AvgIpc) is 2.30. The minimum absolute atomic E-state index is 0.129. The van der Waals surface area contributed by atoms with E-state index in [0.29, 0.717) is 0 Å². The van der Waals surface area contributed by atoms with E-state index in [-0.39, 0.29) is 5.57 Å². The first kappa shape index (κ1) is 10.2. The smallest absolute Gasteiger partial charge is 0.150 e. The summed E-state index contributed by atoms with van der Waals surface area (Å²) in [6.45, 7) is 1.24. The van der Waals surface area contributed by atoms with Crippen LogP contribution in [0.5, 0.6) is 0 Å². The van der Waals surface area contributed by atoms with Crippen molar-refractivity contribution in [1.29, 1.82) is 5.26 Å². The lowest BCUT2D eigenvalue weighted by atomic mass is 9.89. The molecule has 0 spiro atoms. The van der Waals surface area contributed by atoms with Crippen molar-refractivity contribution >= 4 is 0 Å². The van der Waals surface area contributed by atoms with Crippen molar-refractivity contribution in [3.8, 4) is 6.07 Å². The zero-order valence-corrected chi connectivity index (χ0v) is 7.05. The molecule has 0 aromatic rings. The lowest BCUT2D eigenvalue weighted by molar-refractivity contribution is -0.162. The molecule has 5 nitrogen and oxygen atoms in total. The lowest BCUT2D eigenvalue weighted by Crippen LogP contribution is -2.55. The third-order valence-electron chi connectivity index (χ3n) is 2.34. The molecule has 0 aliphatic heterocycles. The highest BCUT2D eigenvalue weighted by molar-refractivity contribution is 5.38. The maximum absolute atomic E-state index is 9.65. The van der Waals surface area contributed by atoms with Crippen LogP contribution in [0, 0.1) is 11.3 Å². The molecule has 4 atom stereocenters. The van der Waals surface area contributed by atoms with Crippen LogP contribution in [-0.2, 0) is 0 Å². The molecule has 1 aliphatic rings. The van der Waals surface area contributed by atoms with Gasteiger partial charge in [0.1, 0.15) is 17.8 Å². The molecule has 13 heavy (non-hydrogen) atoms. The summed E-state index contributed by atoms with van der Waals surface area (Å²) in [6.07, 6.45) is -3.23. The zero-order chi connectivity index (χ0) is 10.2. The normalized spacial score (nSPS) is 41.1. The molecule has 5 heteroatoms. The Morgan fingerprint density at radius 3 is 2.38 bits per heavy atom. The molecule has 0 radical (unpaired) electrons. The van der Waals surface area contributed by atoms with Crippen LogP contribution < -0.4 is 0 Å². The van der Waals surface area contributed by atoms with Crippen LogP contribution in [0.15, 0.2) is 11.6 Å². The number of rotatable bonds is 1. The van der Waals surface area contributed by atoms with Crippen LogP contribution in [0.1, 0.15) is 6.92 Å². The summed E-state index contributed by atoms with van der Waals surface area (Å²) >= 11 is 0. The summed E-state index contributed by atoms with van der Waals surface area (Å²) in [5.41, 5.74) is -2.19. The average molecular weight is 185 g/mol. The van der Waals surface area contributed by atoms with Gasteiger partial charge in [-0.05, 0) is 13.0 Å². The Balaban J connectivity index is 3.03. The highest BCUT2D eigenvalue weighted by Gasteiger charge is 2.52. The van der Waals surface area contributed by atoms with E-state index in [1.54, 1.807) is 6.07 Å². The van der Waals surface area contributed by atoms with E-state index < -0.39 is 23.9 Å². The fourth-order valence-corrected chi connectivity index (χ4v) is 1.38. The van der Waals surface area contributed by atoms with E-state index in [0.717, 1.165) is 6.08 Å². The van der Waals surface area contributed by atoms with Crippen LogP contribution in [0.25, 0.3) is 0 Å². The predicted octanol–water partition coefficient (Wildman–Crippen LogP) is -1.72. The number of hydrogen-bond donors (Lipinski definition) is 4. The van der Waals surface area contributed by atoms with E-state index in [2.05, 4.69) is 0 Å². The number of nitrogens with zero attached hydrogens (tertiary/aromatic N) is 1. The molecule has 0 heterocycles. The molecule has 0 fully saturated rings. The van der Waals surface area contributed by atoms with Crippen molar-refractivity contribution in [2.24, 2.45) is 0 Å². The summed E-state index contributed by atoms with van der Waals surface area (Å²) in [4.78, 5) is 0. The highest BCUT2D eigenvalue weighted by atomic mass is 16.4. The largest absolute Gasteiger partial charge is 0.390 e. The van der Waals surface area contributed by atoms with Gasteiger partial charge in [-0.15, -0.1) is 0 Å². The fraction of sp³-hybridized carbons (Fsp3) is 0.625. The van der Waals surface area contributed by atoms with Gasteiger partial charge in [0.05, 0.1) is 17.7 Å². The van der Waals surface area contributed by atoms with E-state index in [1.807, 2.05) is 0 Å². The molecule has 0 amide bonds. The molecule has 1 rings (SSSR count). The Morgan fingerprint density at radius 2 is 2.15 bits per heavy atom. The molecule has 1 aliphatic carbocycles. The predicted molar refractivity (Wildman–Crippen MR) is 42.3 cm³/mol. The van der Waals surface area contributed by atoms with Gasteiger partial charge < -0.3 is 20.4 Å². The van der Waals surface area contributed by atoms with Gasteiger partial charge in [-0.25, -0.2) is 0 Å². The molecular formula is C8H11NO4. The Morgan fingerprint density at radius 1 is 1.62 bits per heavy atom. The van der Waals surface area contributed by atoms with Crippen LogP contribution >= 0.6 is 0 Å². The molecule has 72 valence electrons. The summed E-state index contributed by atoms with van der Waals surface area (Å²) in [5.74, 6) is 0. The van der Waals surface area contributed by atoms with Crippen molar-refractivity contribution in [2.75, 3.05) is 0 Å². The Kier molecular flexibility index (Phi) is 2.41. The van der Waals surface area contributed by atoms with Crippen LogP contribution in [0.4, 0.5) is 0 Å². The summed E-state index contributed by atoms with van der Waals surface area (Å²) in [7, 11) is 0. The quantitative estimate of drug-likeness (QED) is 0.389. The zero-order valence-electron chi connectivity index (χ0n) is 7.05. The first-order valence-corrected chi connectivity index (χ1v) is 3.83. The molecule has 0 saturated heterocycles. The second-order valence-corrected chi connectivity index (χ2v) is 3.14. The van der Waals surface area contributed by atoms with E-state index in [9.17, 15) is 15.3 Å². The monoisotopic (exact) mass is 185 g/mol. The second kappa shape index (κ2) is 3.09. The second-order valence-electron chi connectivity index (χ2n) is 3.14. The van der Waals surface area contributed by atoms with E-state index in [4.69, 9.17) is 10.4 Å². The van der Waals surface area contributed by atoms with E-state index in [1.165, 1.54) is 6.92 Å². The Bertz CT molecular complexity index is 280. The summed E-state index contributed by atoms with van der Waals surface area (Å²) < 4.78 is 0. The van der Waals surface area contributed by atoms with Gasteiger partial charge in [0.15, 0.2) is 0 Å². The van der Waals surface area contributed by atoms with Gasteiger partial charge in [0.25, 0.3) is 0 Å². The lowest BCUT2D eigenvalue weighted by Gasteiger charge is -2.32. The number of aliphatic hydroxyl groups excluding tert-OH is 3. The standard InChI is InChI=1S/C8H11NO4/c1-4(10)8(13)6(11)2-5(3-9)7(8)12/h2,4,6-7,10-13H,1H3. The third kappa shape index (κ3) is 1.24. The van der Waals surface area contributed by atoms with Crippen LogP contribution in [-0.4, -0.2) is 44.3 Å². The Labute approximate surface area is 75.2 Å². The minimum Gasteiger partial charge on any atom is -0.390 e. The van der Waals surface area contributed by atoms with Crippen molar-refractivity contribution in [3.05, 3.63) is 11.6 Å². The molecular weight excluding hydrogens is 174 g/mol. The van der Waals surface area contributed by atoms with Crippen molar-refractivity contribution in [2.45, 2.75) is 30.8 Å². The molecule has 4 N–H and O–H groups in total. The number of aliphatic hydroxyl groups is 4. The van der Waals surface area contributed by atoms with Gasteiger partial charge in [-0.2, -0.15) is 5.26 Å². The minimum atomic E-state index is -2.06. The maximum Gasteiger partial charge on any atom is 0.150 e. The van der Waals surface area contributed by atoms with Crippen LogP contribution in [0.2, 0.25) is 0 Å². The highest BCUT2D eigenvalue weighted by Crippen LogP contribution is 2.32. The van der Waals surface area contributed by atoms with Gasteiger partial charge in [0, 0.05) is 0 Å². The van der Waals surface area contributed by atoms with Crippen molar-refractivity contribution in [3.63, 3.8) is 0 Å². The molecule has 0 saturated carbocycles. The van der Waals surface area contributed by atoms with Gasteiger partial charge in [-0.1, -0.05) is 0 Å². The van der Waals surface area contributed by atoms with Crippen molar-refractivity contribution < 1.29 is 20.4 Å². The first-order valence-electron chi connectivity index (χ1n) is 3.83. The van der Waals surface area contributed by atoms with Crippen molar-refractivity contribution in [1.82, 2.24) is 0 Å². The number of hydrogen-bond acceptors (Lipinski definition) is 5. The summed E-state index contributed by atoms with van der Waals surface area (Å²) in [6, 6.07) is 1.63. The molecule has 0 aromatic heterocycles. The Hall–Kier alpha value is -0.930. The molecule has 0 bridgehead atoms. The fourth-order valence-electron chi connectivity index (χ4n) is 1.38. The number of nitriles is 1. The van der Waals surface area contributed by atoms with Crippen LogP contribution in [0.3, 0.4) is 0 Å². The van der Waals surface area contributed by atoms with Gasteiger partial charge in [0.2, 0.25) is 0 Å². The summed E-state index contributed by atoms with van der Waals surface area (Å²) in [5, 5.41) is 46.0. The molecule has 4 unspecified atom stereocenters. The van der Waals surface area contributed by atoms with Gasteiger partial charge >= 0.3 is 0 Å². The van der Waals surface area contributed by atoms with E-state index >= 15 is 0 Å². The topological polar surface area (TPSA) is 105 Å². The third-order valence-corrected chi connectivity index (χ3v) is 2.34. The maximum atomic E-state index is 9.65. The molecule has 0 aromatic carbocycles.